The van der Waals surface area contributed by atoms with Crippen molar-refractivity contribution in [2.24, 2.45) is 5.41 Å². The predicted octanol–water partition coefficient (Wildman–Crippen LogP) is 3.74. The maximum absolute atomic E-state index is 9.53. The molecule has 1 atom stereocenters. The molecule has 18 heavy (non-hydrogen) atoms. The van der Waals surface area contributed by atoms with Crippen LogP contribution in [0.3, 0.4) is 0 Å². The Morgan fingerprint density at radius 2 is 1.83 bits per heavy atom. The summed E-state index contributed by atoms with van der Waals surface area (Å²) in [5, 5.41) is 13.1. The Morgan fingerprint density at radius 1 is 1.17 bits per heavy atom. The molecule has 0 aromatic heterocycles. The van der Waals surface area contributed by atoms with Crippen molar-refractivity contribution in [3.05, 3.63) is 29.8 Å². The van der Waals surface area contributed by atoms with Crippen molar-refractivity contribution in [3.8, 4) is 5.75 Å². The fourth-order valence-electron chi connectivity index (χ4n) is 1.95. The van der Waals surface area contributed by atoms with Crippen LogP contribution < -0.4 is 5.32 Å². The van der Waals surface area contributed by atoms with Crippen LogP contribution in [0.1, 0.15) is 46.6 Å². The van der Waals surface area contributed by atoms with Crippen LogP contribution in [0.15, 0.2) is 24.3 Å². The summed E-state index contributed by atoms with van der Waals surface area (Å²) in [6.07, 6.45) is 2.10. The normalized spacial score (nSPS) is 15.4. The zero-order chi connectivity index (χ0) is 13.8. The Labute approximate surface area is 111 Å². The van der Waals surface area contributed by atoms with E-state index in [-0.39, 0.29) is 11.0 Å². The fourth-order valence-corrected chi connectivity index (χ4v) is 1.95. The first-order chi connectivity index (χ1) is 8.24. The molecule has 102 valence electrons. The second kappa shape index (κ2) is 5.75. The summed E-state index contributed by atoms with van der Waals surface area (Å²) in [7, 11) is 0. The van der Waals surface area contributed by atoms with Crippen molar-refractivity contribution >= 4 is 0 Å². The molecule has 2 nitrogen and oxygen atoms in total. The monoisotopic (exact) mass is 249 g/mol. The minimum absolute atomic E-state index is 0.148. The second-order valence-corrected chi connectivity index (χ2v) is 6.61. The van der Waals surface area contributed by atoms with Crippen molar-refractivity contribution in [1.82, 2.24) is 5.32 Å². The van der Waals surface area contributed by atoms with Crippen LogP contribution in [0.5, 0.6) is 5.75 Å². The van der Waals surface area contributed by atoms with Crippen LogP contribution in [-0.2, 0) is 6.42 Å². The Balaban J connectivity index is 2.70. The van der Waals surface area contributed by atoms with Crippen LogP contribution in [0, 0.1) is 5.41 Å². The molecule has 0 aliphatic heterocycles. The lowest BCUT2D eigenvalue weighted by molar-refractivity contribution is 0.254. The molecule has 0 fully saturated rings. The van der Waals surface area contributed by atoms with E-state index in [0.717, 1.165) is 19.4 Å². The highest BCUT2D eigenvalue weighted by Crippen LogP contribution is 2.27. The largest absolute Gasteiger partial charge is 0.508 e. The van der Waals surface area contributed by atoms with Gasteiger partial charge in [0.2, 0.25) is 0 Å². The molecular formula is C16H27NO. The summed E-state index contributed by atoms with van der Waals surface area (Å²) in [6.45, 7) is 12.1. The van der Waals surface area contributed by atoms with Crippen molar-refractivity contribution in [2.45, 2.75) is 53.0 Å². The molecule has 1 aromatic rings. The summed E-state index contributed by atoms with van der Waals surface area (Å²) in [6, 6.07) is 7.59. The molecule has 2 N–H and O–H groups in total. The zero-order valence-electron chi connectivity index (χ0n) is 12.4. The number of hydrogen-bond donors (Lipinski definition) is 2. The third-order valence-corrected chi connectivity index (χ3v) is 3.44. The number of benzene rings is 1. The zero-order valence-corrected chi connectivity index (χ0v) is 12.4. The van der Waals surface area contributed by atoms with Crippen LogP contribution in [0.25, 0.3) is 0 Å². The molecule has 0 saturated heterocycles. The van der Waals surface area contributed by atoms with Gasteiger partial charge in [-0.15, -0.1) is 0 Å². The van der Waals surface area contributed by atoms with Gasteiger partial charge in [-0.3, -0.25) is 0 Å². The summed E-state index contributed by atoms with van der Waals surface area (Å²) in [5.74, 6) is 0.356. The molecule has 0 spiro atoms. The van der Waals surface area contributed by atoms with E-state index >= 15 is 0 Å². The van der Waals surface area contributed by atoms with Gasteiger partial charge in [0, 0.05) is 12.1 Å². The molecule has 0 aliphatic carbocycles. The highest BCUT2D eigenvalue weighted by molar-refractivity contribution is 5.27. The lowest BCUT2D eigenvalue weighted by atomic mass is 9.80. The first-order valence-electron chi connectivity index (χ1n) is 6.77. The van der Waals surface area contributed by atoms with E-state index in [1.807, 2.05) is 12.1 Å². The average Bonchev–Trinajstić information content (AvgIpc) is 2.26. The van der Waals surface area contributed by atoms with Gasteiger partial charge in [-0.05, 0) is 56.7 Å². The van der Waals surface area contributed by atoms with Crippen molar-refractivity contribution in [1.29, 1.82) is 0 Å². The van der Waals surface area contributed by atoms with Crippen LogP contribution in [0.2, 0.25) is 0 Å². The first-order valence-corrected chi connectivity index (χ1v) is 6.77. The van der Waals surface area contributed by atoms with Gasteiger partial charge in [-0.1, -0.05) is 26.0 Å². The smallest absolute Gasteiger partial charge is 0.115 e. The summed E-state index contributed by atoms with van der Waals surface area (Å²) in [4.78, 5) is 0. The van der Waals surface area contributed by atoms with Crippen LogP contribution in [-0.4, -0.2) is 17.2 Å². The lowest BCUT2D eigenvalue weighted by Gasteiger charge is -2.33. The van der Waals surface area contributed by atoms with E-state index in [9.17, 15) is 5.11 Å². The van der Waals surface area contributed by atoms with Gasteiger partial charge in [0.05, 0.1) is 0 Å². The number of hydrogen-bond acceptors (Lipinski definition) is 2. The highest BCUT2D eigenvalue weighted by atomic mass is 16.3. The molecule has 0 aliphatic rings. The standard InChI is InChI=1S/C16H27NO/c1-6-16(5,12-17-15(2,3)4)11-13-8-7-9-14(18)10-13/h7-10,17-18H,6,11-12H2,1-5H3. The van der Waals surface area contributed by atoms with Gasteiger partial charge in [0.15, 0.2) is 0 Å². The van der Waals surface area contributed by atoms with Gasteiger partial charge in [-0.2, -0.15) is 0 Å². The average molecular weight is 249 g/mol. The van der Waals surface area contributed by atoms with Gasteiger partial charge in [0.1, 0.15) is 5.75 Å². The summed E-state index contributed by atoms with van der Waals surface area (Å²) >= 11 is 0. The maximum atomic E-state index is 9.53. The number of phenolic OH excluding ortho intramolecular Hbond substituents is 1. The van der Waals surface area contributed by atoms with E-state index < -0.39 is 0 Å². The fraction of sp³-hybridized carbons (Fsp3) is 0.625. The molecule has 0 amide bonds. The topological polar surface area (TPSA) is 32.3 Å². The molecular weight excluding hydrogens is 222 g/mol. The predicted molar refractivity (Wildman–Crippen MR) is 78.0 cm³/mol. The third kappa shape index (κ3) is 5.09. The van der Waals surface area contributed by atoms with E-state index in [1.165, 1.54) is 5.56 Å². The molecule has 0 saturated carbocycles. The molecule has 0 heterocycles. The Morgan fingerprint density at radius 3 is 2.33 bits per heavy atom. The van der Waals surface area contributed by atoms with Gasteiger partial charge in [-0.25, -0.2) is 0 Å². The van der Waals surface area contributed by atoms with E-state index in [0.29, 0.717) is 5.75 Å². The molecule has 1 rings (SSSR count). The molecule has 0 radical (unpaired) electrons. The second-order valence-electron chi connectivity index (χ2n) is 6.61. The SMILES string of the molecule is CCC(C)(CNC(C)(C)C)Cc1cccc(O)c1. The Hall–Kier alpha value is -1.02. The minimum Gasteiger partial charge on any atom is -0.508 e. The Kier molecular flexibility index (Phi) is 4.80. The number of nitrogens with one attached hydrogen (secondary N) is 1. The van der Waals surface area contributed by atoms with E-state index in [2.05, 4.69) is 46.0 Å². The Bertz CT molecular complexity index is 381. The first kappa shape index (κ1) is 15.0. The van der Waals surface area contributed by atoms with E-state index in [1.54, 1.807) is 6.07 Å². The number of aromatic hydroxyl groups is 1. The lowest BCUT2D eigenvalue weighted by Crippen LogP contribution is -2.43. The maximum Gasteiger partial charge on any atom is 0.115 e. The van der Waals surface area contributed by atoms with Crippen molar-refractivity contribution in [3.63, 3.8) is 0 Å². The van der Waals surface area contributed by atoms with Crippen LogP contribution >= 0.6 is 0 Å². The van der Waals surface area contributed by atoms with Crippen molar-refractivity contribution in [2.75, 3.05) is 6.54 Å². The van der Waals surface area contributed by atoms with Gasteiger partial charge in [0.25, 0.3) is 0 Å². The van der Waals surface area contributed by atoms with Gasteiger partial charge < -0.3 is 10.4 Å². The summed E-state index contributed by atoms with van der Waals surface area (Å²) < 4.78 is 0. The van der Waals surface area contributed by atoms with Crippen molar-refractivity contribution < 1.29 is 5.11 Å². The quantitative estimate of drug-likeness (QED) is 0.833. The minimum atomic E-state index is 0.148. The molecule has 1 aromatic carbocycles. The summed E-state index contributed by atoms with van der Waals surface area (Å²) in [5.41, 5.74) is 1.58. The molecule has 2 heteroatoms. The number of rotatable bonds is 5. The van der Waals surface area contributed by atoms with Gasteiger partial charge >= 0.3 is 0 Å². The number of phenols is 1. The third-order valence-electron chi connectivity index (χ3n) is 3.44. The van der Waals surface area contributed by atoms with Crippen LogP contribution in [0.4, 0.5) is 0 Å². The molecule has 1 unspecified atom stereocenters. The highest BCUT2D eigenvalue weighted by Gasteiger charge is 2.24. The van der Waals surface area contributed by atoms with E-state index in [4.69, 9.17) is 0 Å². The molecule has 0 bridgehead atoms.